The maximum atomic E-state index is 12.1. The van der Waals surface area contributed by atoms with E-state index in [4.69, 9.17) is 16.0 Å². The number of fused-ring (bicyclic) bond motifs is 1. The summed E-state index contributed by atoms with van der Waals surface area (Å²) in [6.07, 6.45) is 3.31. The molecule has 2 nitrogen and oxygen atoms in total. The van der Waals surface area contributed by atoms with Gasteiger partial charge in [0, 0.05) is 10.4 Å². The third kappa shape index (κ3) is 3.59. The monoisotopic (exact) mass is 332 g/mol. The molecule has 0 aliphatic carbocycles. The van der Waals surface area contributed by atoms with E-state index in [1.54, 1.807) is 30.3 Å². The number of rotatable bonds is 3. The van der Waals surface area contributed by atoms with Gasteiger partial charge in [0.05, 0.1) is 0 Å². The summed E-state index contributed by atoms with van der Waals surface area (Å²) < 4.78 is 5.54. The highest BCUT2D eigenvalue weighted by molar-refractivity contribution is 6.31. The lowest BCUT2D eigenvalue weighted by atomic mass is 10.1. The van der Waals surface area contributed by atoms with E-state index < -0.39 is 0 Å². The van der Waals surface area contributed by atoms with Gasteiger partial charge in [-0.25, -0.2) is 0 Å². The highest BCUT2D eigenvalue weighted by atomic mass is 35.5. The van der Waals surface area contributed by atoms with Crippen molar-refractivity contribution >= 4 is 46.8 Å². The highest BCUT2D eigenvalue weighted by Gasteiger charge is 2.09. The van der Waals surface area contributed by atoms with E-state index >= 15 is 0 Å². The summed E-state index contributed by atoms with van der Waals surface area (Å²) in [5.41, 5.74) is 2.80. The zero-order valence-electron chi connectivity index (χ0n) is 11.9. The molecule has 0 fully saturated rings. The highest BCUT2D eigenvalue weighted by Crippen LogP contribution is 2.23. The molecule has 0 saturated carbocycles. The van der Waals surface area contributed by atoms with E-state index in [0.717, 1.165) is 16.5 Å². The Morgan fingerprint density at radius 2 is 1.95 bits per heavy atom. The van der Waals surface area contributed by atoms with Gasteiger partial charge in [-0.3, -0.25) is 4.79 Å². The predicted octanol–water partition coefficient (Wildman–Crippen LogP) is 5.71. The minimum absolute atomic E-state index is 0. The molecule has 112 valence electrons. The molecule has 0 bridgehead atoms. The number of halogens is 2. The van der Waals surface area contributed by atoms with Gasteiger partial charge in [0.15, 0.2) is 5.76 Å². The van der Waals surface area contributed by atoms with E-state index in [-0.39, 0.29) is 18.2 Å². The van der Waals surface area contributed by atoms with Crippen LogP contribution in [0.5, 0.6) is 0 Å². The molecule has 0 saturated heterocycles. The van der Waals surface area contributed by atoms with Crippen molar-refractivity contribution in [3.63, 3.8) is 0 Å². The molecule has 0 atom stereocenters. The van der Waals surface area contributed by atoms with Crippen LogP contribution in [0.15, 0.2) is 59.0 Å². The fourth-order valence-electron chi connectivity index (χ4n) is 2.16. The third-order valence-electron chi connectivity index (χ3n) is 3.19. The molecule has 4 heteroatoms. The van der Waals surface area contributed by atoms with Crippen LogP contribution >= 0.6 is 24.0 Å². The molecule has 1 aromatic heterocycles. The maximum Gasteiger partial charge on any atom is 0.221 e. The second-order valence-electron chi connectivity index (χ2n) is 4.90. The average Bonchev–Trinajstić information content (AvgIpc) is 2.88. The normalized spacial score (nSPS) is 10.8. The molecule has 0 amide bonds. The molecule has 2 aromatic carbocycles. The Hall–Kier alpha value is -2.03. The first-order chi connectivity index (χ1) is 10.1. The topological polar surface area (TPSA) is 30.2 Å². The molecular weight excluding hydrogens is 319 g/mol. The second-order valence-corrected chi connectivity index (χ2v) is 5.34. The van der Waals surface area contributed by atoms with Gasteiger partial charge >= 0.3 is 0 Å². The van der Waals surface area contributed by atoms with Gasteiger partial charge in [0.25, 0.3) is 0 Å². The second kappa shape index (κ2) is 6.82. The van der Waals surface area contributed by atoms with E-state index in [1.165, 1.54) is 6.08 Å². The molecule has 22 heavy (non-hydrogen) atoms. The van der Waals surface area contributed by atoms with Crippen molar-refractivity contribution < 1.29 is 9.21 Å². The van der Waals surface area contributed by atoms with E-state index in [0.29, 0.717) is 16.4 Å². The first kappa shape index (κ1) is 16.3. The van der Waals surface area contributed by atoms with Crippen LogP contribution < -0.4 is 0 Å². The molecule has 0 unspecified atom stereocenters. The van der Waals surface area contributed by atoms with E-state index in [9.17, 15) is 4.79 Å². The van der Waals surface area contributed by atoms with Gasteiger partial charge in [-0.2, -0.15) is 0 Å². The van der Waals surface area contributed by atoms with Gasteiger partial charge in [0.2, 0.25) is 5.78 Å². The number of hydrogen-bond donors (Lipinski definition) is 0. The zero-order chi connectivity index (χ0) is 14.8. The first-order valence-corrected chi connectivity index (χ1v) is 6.98. The average molecular weight is 333 g/mol. The third-order valence-corrected chi connectivity index (χ3v) is 3.43. The number of furan rings is 1. The smallest absolute Gasteiger partial charge is 0.221 e. The number of carbonyl (C=O) groups is 1. The number of allylic oxidation sites excluding steroid dienone is 1. The molecule has 0 spiro atoms. The van der Waals surface area contributed by atoms with Crippen LogP contribution in [0.2, 0.25) is 5.02 Å². The van der Waals surface area contributed by atoms with Crippen LogP contribution in [0.3, 0.4) is 0 Å². The molecular formula is C18H14Cl2O2. The summed E-state index contributed by atoms with van der Waals surface area (Å²) in [5, 5.41) is 1.45. The fraction of sp³-hybridized carbons (Fsp3) is 0.0556. The number of hydrogen-bond acceptors (Lipinski definition) is 2. The molecule has 0 radical (unpaired) electrons. The minimum atomic E-state index is -0.163. The Kier molecular flexibility index (Phi) is 5.07. The Labute approximate surface area is 139 Å². The number of benzene rings is 2. The van der Waals surface area contributed by atoms with Crippen molar-refractivity contribution in [3.8, 4) is 0 Å². The van der Waals surface area contributed by atoms with Gasteiger partial charge in [-0.15, -0.1) is 12.4 Å². The summed E-state index contributed by atoms with van der Waals surface area (Å²) in [4.78, 5) is 12.1. The lowest BCUT2D eigenvalue weighted by molar-refractivity contribution is 0.102. The van der Waals surface area contributed by atoms with Gasteiger partial charge < -0.3 is 4.42 Å². The maximum absolute atomic E-state index is 12.1. The van der Waals surface area contributed by atoms with Crippen LogP contribution in [0.1, 0.15) is 21.7 Å². The predicted molar refractivity (Wildman–Crippen MR) is 93.0 cm³/mol. The largest absolute Gasteiger partial charge is 0.453 e. The van der Waals surface area contributed by atoms with Crippen LogP contribution in [-0.4, -0.2) is 5.78 Å². The molecule has 1 heterocycles. The Bertz CT molecular complexity index is 847. The summed E-state index contributed by atoms with van der Waals surface area (Å²) >= 11 is 5.92. The van der Waals surface area contributed by atoms with Crippen molar-refractivity contribution in [1.29, 1.82) is 0 Å². The van der Waals surface area contributed by atoms with Gasteiger partial charge in [-0.05, 0) is 42.8 Å². The number of ketones is 1. The lowest BCUT2D eigenvalue weighted by Gasteiger charge is -1.94. The van der Waals surface area contributed by atoms with Crippen molar-refractivity contribution in [2.75, 3.05) is 0 Å². The van der Waals surface area contributed by atoms with Crippen LogP contribution in [0.25, 0.3) is 17.0 Å². The SMILES string of the molecule is Cc1cccc(C=CC(=O)c2cc3cc(Cl)ccc3o2)c1.Cl. The summed E-state index contributed by atoms with van der Waals surface area (Å²) in [6.45, 7) is 2.02. The first-order valence-electron chi connectivity index (χ1n) is 6.60. The van der Waals surface area contributed by atoms with Gasteiger partial charge in [0.1, 0.15) is 5.58 Å². The molecule has 0 N–H and O–H groups in total. The van der Waals surface area contributed by atoms with Crippen molar-refractivity contribution in [1.82, 2.24) is 0 Å². The van der Waals surface area contributed by atoms with Gasteiger partial charge in [-0.1, -0.05) is 47.5 Å². The fourth-order valence-corrected chi connectivity index (χ4v) is 2.34. The van der Waals surface area contributed by atoms with Crippen LogP contribution in [0, 0.1) is 6.92 Å². The number of aryl methyl sites for hydroxylation is 1. The molecule has 0 aliphatic rings. The molecule has 3 aromatic rings. The van der Waals surface area contributed by atoms with Crippen molar-refractivity contribution in [2.24, 2.45) is 0 Å². The van der Waals surface area contributed by atoms with Crippen molar-refractivity contribution in [2.45, 2.75) is 6.92 Å². The minimum Gasteiger partial charge on any atom is -0.453 e. The van der Waals surface area contributed by atoms with Crippen LogP contribution in [-0.2, 0) is 0 Å². The summed E-state index contributed by atoms with van der Waals surface area (Å²) in [5.74, 6) is 0.153. The molecule has 3 rings (SSSR count). The summed E-state index contributed by atoms with van der Waals surface area (Å²) in [6, 6.07) is 14.9. The Balaban J connectivity index is 0.00000176. The Morgan fingerprint density at radius 3 is 2.73 bits per heavy atom. The van der Waals surface area contributed by atoms with E-state index in [2.05, 4.69) is 0 Å². The zero-order valence-corrected chi connectivity index (χ0v) is 13.4. The lowest BCUT2D eigenvalue weighted by Crippen LogP contribution is -1.90. The summed E-state index contributed by atoms with van der Waals surface area (Å²) in [7, 11) is 0. The van der Waals surface area contributed by atoms with Crippen LogP contribution in [0.4, 0.5) is 0 Å². The standard InChI is InChI=1S/C18H13ClO2.ClH/c1-12-3-2-4-13(9-12)5-7-16(20)18-11-14-10-15(19)6-8-17(14)21-18;/h2-11H,1H3;1H. The Morgan fingerprint density at radius 1 is 1.14 bits per heavy atom. The molecule has 0 aliphatic heterocycles. The number of carbonyl (C=O) groups excluding carboxylic acids is 1. The van der Waals surface area contributed by atoms with Crippen molar-refractivity contribution in [3.05, 3.63) is 76.5 Å². The van der Waals surface area contributed by atoms with E-state index in [1.807, 2.05) is 31.2 Å². The quantitative estimate of drug-likeness (QED) is 0.454.